The fraction of sp³-hybridized carbons (Fsp3) is 0.0476. The minimum atomic E-state index is -0.556. The third-order valence-electron chi connectivity index (χ3n) is 5.01. The largest absolute Gasteiger partial charge is 0.508 e. The lowest BCUT2D eigenvalue weighted by molar-refractivity contribution is 0.475. The van der Waals surface area contributed by atoms with Gasteiger partial charge in [-0.1, -0.05) is 42.5 Å². The standard InChI is InChI=1S/C21H15N3O3/c25-13-8-5-12(6-9-13)16-17-14-4-2-1-3-11(14)7-10-15(17)22-19-18(16)20(26)24-21(27)23-19/h1-10,16,25H,(H3,22,23,24,26,27). The molecule has 4 aromatic rings. The summed E-state index contributed by atoms with van der Waals surface area (Å²) in [5.41, 5.74) is 2.11. The second-order valence-corrected chi connectivity index (χ2v) is 6.59. The van der Waals surface area contributed by atoms with Crippen molar-refractivity contribution in [3.8, 4) is 5.75 Å². The lowest BCUT2D eigenvalue weighted by Gasteiger charge is -2.29. The van der Waals surface area contributed by atoms with Gasteiger partial charge in [0.1, 0.15) is 11.6 Å². The van der Waals surface area contributed by atoms with Crippen LogP contribution in [0, 0.1) is 0 Å². The lowest BCUT2D eigenvalue weighted by Crippen LogP contribution is -2.31. The number of phenolic OH excluding ortho intramolecular Hbond substituents is 1. The van der Waals surface area contributed by atoms with E-state index < -0.39 is 11.2 Å². The molecular weight excluding hydrogens is 342 g/mol. The second kappa shape index (κ2) is 5.60. The van der Waals surface area contributed by atoms with Crippen molar-refractivity contribution in [1.82, 2.24) is 9.97 Å². The summed E-state index contributed by atoms with van der Waals surface area (Å²) < 4.78 is 0. The van der Waals surface area contributed by atoms with Crippen molar-refractivity contribution in [3.05, 3.63) is 98.2 Å². The molecule has 4 N–H and O–H groups in total. The molecule has 0 radical (unpaired) electrons. The zero-order chi connectivity index (χ0) is 18.5. The Balaban J connectivity index is 1.90. The summed E-state index contributed by atoms with van der Waals surface area (Å²) in [6.07, 6.45) is 0. The highest BCUT2D eigenvalue weighted by atomic mass is 16.3. The number of benzene rings is 3. The number of anilines is 2. The van der Waals surface area contributed by atoms with Crippen molar-refractivity contribution >= 4 is 22.3 Å². The van der Waals surface area contributed by atoms with Crippen molar-refractivity contribution < 1.29 is 5.11 Å². The molecule has 6 heteroatoms. The van der Waals surface area contributed by atoms with Gasteiger partial charge in [0.25, 0.3) is 5.56 Å². The maximum Gasteiger partial charge on any atom is 0.327 e. The predicted molar refractivity (Wildman–Crippen MR) is 104 cm³/mol. The van der Waals surface area contributed by atoms with Gasteiger partial charge in [0, 0.05) is 11.6 Å². The zero-order valence-corrected chi connectivity index (χ0v) is 14.1. The van der Waals surface area contributed by atoms with Crippen LogP contribution in [0.2, 0.25) is 0 Å². The fourth-order valence-electron chi connectivity index (χ4n) is 3.86. The first-order valence-electron chi connectivity index (χ1n) is 8.56. The number of aromatic amines is 2. The van der Waals surface area contributed by atoms with Gasteiger partial charge in [-0.05, 0) is 40.1 Å². The van der Waals surface area contributed by atoms with E-state index in [9.17, 15) is 14.7 Å². The third kappa shape index (κ3) is 2.34. The summed E-state index contributed by atoms with van der Waals surface area (Å²) in [5.74, 6) is 0.162. The Morgan fingerprint density at radius 3 is 2.41 bits per heavy atom. The maximum atomic E-state index is 12.7. The van der Waals surface area contributed by atoms with Gasteiger partial charge in [0.15, 0.2) is 0 Å². The highest BCUT2D eigenvalue weighted by molar-refractivity contribution is 5.94. The maximum absolute atomic E-state index is 12.7. The van der Waals surface area contributed by atoms with E-state index in [0.29, 0.717) is 11.4 Å². The van der Waals surface area contributed by atoms with Gasteiger partial charge in [0.2, 0.25) is 0 Å². The van der Waals surface area contributed by atoms with Crippen LogP contribution in [0.4, 0.5) is 11.5 Å². The first-order chi connectivity index (χ1) is 13.1. The van der Waals surface area contributed by atoms with E-state index in [1.807, 2.05) is 36.4 Å². The molecule has 0 saturated heterocycles. The van der Waals surface area contributed by atoms with Gasteiger partial charge in [-0.25, -0.2) is 4.79 Å². The minimum absolute atomic E-state index is 0.154. The molecule has 6 nitrogen and oxygen atoms in total. The van der Waals surface area contributed by atoms with Crippen LogP contribution in [0.25, 0.3) is 10.8 Å². The summed E-state index contributed by atoms with van der Waals surface area (Å²) in [7, 11) is 0. The Morgan fingerprint density at radius 2 is 1.59 bits per heavy atom. The van der Waals surface area contributed by atoms with E-state index in [2.05, 4.69) is 15.3 Å². The number of aromatic hydroxyl groups is 1. The van der Waals surface area contributed by atoms with Crippen molar-refractivity contribution in [3.63, 3.8) is 0 Å². The molecule has 1 unspecified atom stereocenters. The van der Waals surface area contributed by atoms with Crippen LogP contribution in [0.5, 0.6) is 5.75 Å². The van der Waals surface area contributed by atoms with Crippen LogP contribution in [-0.4, -0.2) is 15.1 Å². The van der Waals surface area contributed by atoms with Gasteiger partial charge in [-0.15, -0.1) is 0 Å². The molecule has 1 aromatic heterocycles. The molecule has 27 heavy (non-hydrogen) atoms. The number of H-pyrrole nitrogens is 2. The summed E-state index contributed by atoms with van der Waals surface area (Å²) in [4.78, 5) is 29.5. The average molecular weight is 357 g/mol. The molecule has 0 spiro atoms. The fourth-order valence-corrected chi connectivity index (χ4v) is 3.86. The van der Waals surface area contributed by atoms with Crippen LogP contribution in [0.3, 0.4) is 0 Å². The number of aromatic nitrogens is 2. The molecule has 1 aliphatic rings. The van der Waals surface area contributed by atoms with E-state index in [0.717, 1.165) is 27.6 Å². The number of rotatable bonds is 1. The normalized spacial score (nSPS) is 15.0. The molecule has 1 aliphatic heterocycles. The topological polar surface area (TPSA) is 98.0 Å². The Kier molecular flexibility index (Phi) is 3.21. The molecule has 1 atom stereocenters. The smallest absolute Gasteiger partial charge is 0.327 e. The first kappa shape index (κ1) is 15.5. The number of nitrogens with one attached hydrogen (secondary N) is 3. The van der Waals surface area contributed by atoms with Crippen LogP contribution < -0.4 is 16.6 Å². The van der Waals surface area contributed by atoms with Crippen LogP contribution in [-0.2, 0) is 0 Å². The summed E-state index contributed by atoms with van der Waals surface area (Å²) >= 11 is 0. The summed E-state index contributed by atoms with van der Waals surface area (Å²) in [5, 5.41) is 15.0. The van der Waals surface area contributed by atoms with E-state index in [-0.39, 0.29) is 11.7 Å². The van der Waals surface area contributed by atoms with Crippen LogP contribution in [0.15, 0.2) is 70.3 Å². The number of hydrogen-bond acceptors (Lipinski definition) is 4. The van der Waals surface area contributed by atoms with E-state index in [1.165, 1.54) is 0 Å². The van der Waals surface area contributed by atoms with Gasteiger partial charge >= 0.3 is 5.69 Å². The van der Waals surface area contributed by atoms with Gasteiger partial charge in [-0.2, -0.15) is 0 Å². The van der Waals surface area contributed by atoms with E-state index >= 15 is 0 Å². The molecular formula is C21H15N3O3. The van der Waals surface area contributed by atoms with Crippen molar-refractivity contribution in [2.75, 3.05) is 5.32 Å². The molecule has 0 aliphatic carbocycles. The second-order valence-electron chi connectivity index (χ2n) is 6.59. The molecule has 132 valence electrons. The summed E-state index contributed by atoms with van der Waals surface area (Å²) in [6, 6.07) is 18.7. The molecule has 5 rings (SSSR count). The molecule has 0 amide bonds. The van der Waals surface area contributed by atoms with Crippen molar-refractivity contribution in [2.24, 2.45) is 0 Å². The average Bonchev–Trinajstić information content (AvgIpc) is 2.66. The lowest BCUT2D eigenvalue weighted by atomic mass is 9.80. The van der Waals surface area contributed by atoms with Crippen molar-refractivity contribution in [1.29, 1.82) is 0 Å². The van der Waals surface area contributed by atoms with Gasteiger partial charge in [-0.3, -0.25) is 14.8 Å². The van der Waals surface area contributed by atoms with Crippen LogP contribution >= 0.6 is 0 Å². The number of fused-ring (bicyclic) bond motifs is 4. The van der Waals surface area contributed by atoms with E-state index in [1.54, 1.807) is 24.3 Å². The molecule has 0 fully saturated rings. The van der Waals surface area contributed by atoms with Crippen molar-refractivity contribution in [2.45, 2.75) is 5.92 Å². The third-order valence-corrected chi connectivity index (χ3v) is 5.01. The number of phenols is 1. The SMILES string of the molecule is O=c1[nH]c2c(c(=O)[nH]1)C(c1ccc(O)cc1)c1c(ccc3ccccc13)N2. The Labute approximate surface area is 153 Å². The molecule has 0 bridgehead atoms. The Hall–Kier alpha value is -3.80. The predicted octanol–water partition coefficient (Wildman–Crippen LogP) is 3.16. The van der Waals surface area contributed by atoms with E-state index in [4.69, 9.17) is 0 Å². The highest BCUT2D eigenvalue weighted by Crippen LogP contribution is 2.45. The highest BCUT2D eigenvalue weighted by Gasteiger charge is 2.32. The Bertz CT molecular complexity index is 1300. The van der Waals surface area contributed by atoms with Crippen LogP contribution in [0.1, 0.15) is 22.6 Å². The monoisotopic (exact) mass is 357 g/mol. The summed E-state index contributed by atoms with van der Waals surface area (Å²) in [6.45, 7) is 0. The molecule has 0 saturated carbocycles. The molecule has 3 aromatic carbocycles. The quantitative estimate of drug-likeness (QED) is 0.370. The first-order valence-corrected chi connectivity index (χ1v) is 8.56. The Morgan fingerprint density at radius 1 is 0.815 bits per heavy atom. The van der Waals surface area contributed by atoms with Gasteiger partial charge in [0.05, 0.1) is 5.56 Å². The molecule has 2 heterocycles. The zero-order valence-electron chi connectivity index (χ0n) is 14.1. The minimum Gasteiger partial charge on any atom is -0.508 e. The van der Waals surface area contributed by atoms with Gasteiger partial charge < -0.3 is 10.4 Å². The number of hydrogen-bond donors (Lipinski definition) is 4.